The highest BCUT2D eigenvalue weighted by molar-refractivity contribution is 7.99. The van der Waals surface area contributed by atoms with Gasteiger partial charge in [0.05, 0.1) is 5.75 Å². The molecule has 2 atom stereocenters. The Kier molecular flexibility index (Phi) is 6.31. The summed E-state index contributed by atoms with van der Waals surface area (Å²) >= 11 is 1.35. The quantitative estimate of drug-likeness (QED) is 0.616. The minimum atomic E-state index is -0.328. The van der Waals surface area contributed by atoms with E-state index in [-0.39, 0.29) is 17.5 Å². The number of thioether (sulfide) groups is 1. The van der Waals surface area contributed by atoms with Crippen LogP contribution in [0.2, 0.25) is 0 Å². The van der Waals surface area contributed by atoms with Crippen LogP contribution in [0.3, 0.4) is 0 Å². The summed E-state index contributed by atoms with van der Waals surface area (Å²) in [4.78, 5) is 23.1. The highest BCUT2D eigenvalue weighted by atomic mass is 32.2. The lowest BCUT2D eigenvalue weighted by molar-refractivity contribution is -0.113. The van der Waals surface area contributed by atoms with Gasteiger partial charge in [0.15, 0.2) is 0 Å². The van der Waals surface area contributed by atoms with Crippen LogP contribution in [0, 0.1) is 24.6 Å². The minimum absolute atomic E-state index is 0.191. The first-order chi connectivity index (χ1) is 12.9. The second-order valence-corrected chi connectivity index (χ2v) is 8.36. The summed E-state index contributed by atoms with van der Waals surface area (Å²) in [5.41, 5.74) is 1.01. The number of hydrogen-bond donors (Lipinski definition) is 1. The lowest BCUT2D eigenvalue weighted by Gasteiger charge is -2.35. The lowest BCUT2D eigenvalue weighted by Crippen LogP contribution is -2.39. The van der Waals surface area contributed by atoms with E-state index in [9.17, 15) is 9.18 Å². The fraction of sp³-hybridized carbons (Fsp3) is 0.450. The predicted octanol–water partition coefficient (Wildman–Crippen LogP) is 4.14. The summed E-state index contributed by atoms with van der Waals surface area (Å²) in [6.45, 7) is 8.19. The highest BCUT2D eigenvalue weighted by Crippen LogP contribution is 2.27. The molecule has 1 aromatic carbocycles. The van der Waals surface area contributed by atoms with E-state index in [1.807, 2.05) is 6.07 Å². The van der Waals surface area contributed by atoms with Gasteiger partial charge in [0.1, 0.15) is 23.0 Å². The first-order valence-electron chi connectivity index (χ1n) is 9.16. The molecule has 1 aliphatic heterocycles. The van der Waals surface area contributed by atoms with Crippen molar-refractivity contribution in [2.24, 2.45) is 11.8 Å². The summed E-state index contributed by atoms with van der Waals surface area (Å²) in [5, 5.41) is 3.48. The Morgan fingerprint density at radius 3 is 2.70 bits per heavy atom. The van der Waals surface area contributed by atoms with Crippen molar-refractivity contribution in [3.05, 3.63) is 42.0 Å². The van der Waals surface area contributed by atoms with Crippen molar-refractivity contribution < 1.29 is 9.18 Å². The van der Waals surface area contributed by atoms with Gasteiger partial charge in [-0.25, -0.2) is 14.4 Å². The highest BCUT2D eigenvalue weighted by Gasteiger charge is 2.23. The van der Waals surface area contributed by atoms with Gasteiger partial charge in [-0.2, -0.15) is 0 Å². The van der Waals surface area contributed by atoms with Gasteiger partial charge in [-0.05, 0) is 42.9 Å². The van der Waals surface area contributed by atoms with E-state index < -0.39 is 0 Å². The molecular formula is C20H25FN4OS. The van der Waals surface area contributed by atoms with E-state index in [1.165, 1.54) is 24.2 Å². The van der Waals surface area contributed by atoms with Crippen LogP contribution in [-0.4, -0.2) is 34.7 Å². The molecule has 1 aliphatic rings. The maximum atomic E-state index is 13.6. The molecular weight excluding hydrogens is 363 g/mol. The number of anilines is 2. The Morgan fingerprint density at radius 2 is 2.00 bits per heavy atom. The van der Waals surface area contributed by atoms with Gasteiger partial charge in [-0.15, -0.1) is 0 Å². The van der Waals surface area contributed by atoms with E-state index >= 15 is 0 Å². The number of nitrogens with zero attached hydrogens (tertiary/aromatic N) is 3. The molecule has 3 rings (SSSR count). The van der Waals surface area contributed by atoms with Crippen molar-refractivity contribution in [2.45, 2.75) is 32.2 Å². The largest absolute Gasteiger partial charge is 0.356 e. The van der Waals surface area contributed by atoms with Crippen LogP contribution in [-0.2, 0) is 4.79 Å². The molecule has 1 fully saturated rings. The fourth-order valence-electron chi connectivity index (χ4n) is 3.44. The maximum Gasteiger partial charge on any atom is 0.234 e. The molecule has 1 saturated heterocycles. The van der Waals surface area contributed by atoms with Crippen molar-refractivity contribution >= 4 is 29.2 Å². The van der Waals surface area contributed by atoms with Gasteiger partial charge < -0.3 is 10.2 Å². The normalized spacial score (nSPS) is 19.8. The standard InChI is InChI=1S/C20H25FN4OS/c1-13-6-14(2)10-25(9-13)18-8-20(23-12-22-18)27-11-19(26)24-16-5-4-15(3)17(21)7-16/h4-5,7-8,12-14H,6,9-11H2,1-3H3,(H,24,26)/t13-,14+. The molecule has 27 heavy (non-hydrogen) atoms. The van der Waals surface area contributed by atoms with Crippen molar-refractivity contribution in [3.8, 4) is 0 Å². The summed E-state index contributed by atoms with van der Waals surface area (Å²) in [6, 6.07) is 6.62. The zero-order chi connectivity index (χ0) is 19.4. The third-order valence-electron chi connectivity index (χ3n) is 4.63. The minimum Gasteiger partial charge on any atom is -0.356 e. The molecule has 2 aromatic rings. The van der Waals surface area contributed by atoms with Gasteiger partial charge >= 0.3 is 0 Å². The number of nitrogens with one attached hydrogen (secondary N) is 1. The first-order valence-corrected chi connectivity index (χ1v) is 10.1. The molecule has 0 bridgehead atoms. The number of rotatable bonds is 5. The van der Waals surface area contributed by atoms with Crippen LogP contribution in [0.25, 0.3) is 0 Å². The van der Waals surface area contributed by atoms with Crippen LogP contribution in [0.1, 0.15) is 25.8 Å². The lowest BCUT2D eigenvalue weighted by atomic mass is 9.92. The maximum absolute atomic E-state index is 13.6. The van der Waals surface area contributed by atoms with Crippen molar-refractivity contribution in [2.75, 3.05) is 29.1 Å². The second kappa shape index (κ2) is 8.69. The third kappa shape index (κ3) is 5.42. The SMILES string of the molecule is Cc1ccc(NC(=O)CSc2cc(N3C[C@H](C)C[C@H](C)C3)ncn2)cc1F. The van der Waals surface area contributed by atoms with Gasteiger partial charge in [-0.1, -0.05) is 31.7 Å². The number of hydrogen-bond acceptors (Lipinski definition) is 5. The zero-order valence-corrected chi connectivity index (χ0v) is 16.7. The Balaban J connectivity index is 1.57. The molecule has 2 heterocycles. The van der Waals surface area contributed by atoms with Crippen LogP contribution in [0.15, 0.2) is 35.6 Å². The average Bonchev–Trinajstić information content (AvgIpc) is 2.62. The summed E-state index contributed by atoms with van der Waals surface area (Å²) < 4.78 is 13.6. The topological polar surface area (TPSA) is 58.1 Å². The van der Waals surface area contributed by atoms with Crippen LogP contribution in [0.4, 0.5) is 15.9 Å². The monoisotopic (exact) mass is 388 g/mol. The Bertz CT molecular complexity index is 806. The second-order valence-electron chi connectivity index (χ2n) is 7.37. The van der Waals surface area contributed by atoms with Crippen molar-refractivity contribution in [1.29, 1.82) is 0 Å². The predicted molar refractivity (Wildman–Crippen MR) is 108 cm³/mol. The number of benzene rings is 1. The number of piperidine rings is 1. The Hall–Kier alpha value is -2.15. The molecule has 7 heteroatoms. The molecule has 0 saturated carbocycles. The van der Waals surface area contributed by atoms with E-state index in [0.29, 0.717) is 23.1 Å². The van der Waals surface area contributed by atoms with Gasteiger partial charge in [0.2, 0.25) is 5.91 Å². The third-order valence-corrected chi connectivity index (χ3v) is 5.55. The average molecular weight is 389 g/mol. The molecule has 0 unspecified atom stereocenters. The van der Waals surface area contributed by atoms with Crippen LogP contribution >= 0.6 is 11.8 Å². The van der Waals surface area contributed by atoms with Crippen LogP contribution < -0.4 is 10.2 Å². The van der Waals surface area contributed by atoms with Gasteiger partial charge in [-0.3, -0.25) is 4.79 Å². The zero-order valence-electron chi connectivity index (χ0n) is 15.9. The van der Waals surface area contributed by atoms with Crippen molar-refractivity contribution in [1.82, 2.24) is 9.97 Å². The van der Waals surface area contributed by atoms with Gasteiger partial charge in [0.25, 0.3) is 0 Å². The van der Waals surface area contributed by atoms with E-state index in [0.717, 1.165) is 23.9 Å². The molecule has 1 amide bonds. The number of carbonyl (C=O) groups is 1. The molecule has 1 aromatic heterocycles. The number of halogens is 1. The number of aryl methyl sites for hydroxylation is 1. The molecule has 0 radical (unpaired) electrons. The molecule has 0 aliphatic carbocycles. The molecule has 0 spiro atoms. The Morgan fingerprint density at radius 1 is 1.26 bits per heavy atom. The number of aromatic nitrogens is 2. The summed E-state index contributed by atoms with van der Waals surface area (Å²) in [6.07, 6.45) is 2.79. The first kappa shape index (κ1) is 19.6. The van der Waals surface area contributed by atoms with Crippen LogP contribution in [0.5, 0.6) is 0 Å². The van der Waals surface area contributed by atoms with E-state index in [1.54, 1.807) is 25.4 Å². The molecule has 144 valence electrons. The smallest absolute Gasteiger partial charge is 0.234 e. The summed E-state index contributed by atoms with van der Waals surface area (Å²) in [7, 11) is 0. The van der Waals surface area contributed by atoms with E-state index in [4.69, 9.17) is 0 Å². The Labute approximate surface area is 163 Å². The molecule has 5 nitrogen and oxygen atoms in total. The van der Waals surface area contributed by atoms with Crippen molar-refractivity contribution in [3.63, 3.8) is 0 Å². The number of amides is 1. The molecule has 1 N–H and O–H groups in total. The fourth-order valence-corrected chi connectivity index (χ4v) is 4.10. The van der Waals surface area contributed by atoms with Gasteiger partial charge in [0, 0.05) is 24.8 Å². The number of carbonyl (C=O) groups excluding carboxylic acids is 1. The summed E-state index contributed by atoms with van der Waals surface area (Å²) in [5.74, 6) is 1.88. The van der Waals surface area contributed by atoms with E-state index in [2.05, 4.69) is 34.0 Å².